The molecule has 1 aliphatic rings. The highest BCUT2D eigenvalue weighted by Gasteiger charge is 1.98. The van der Waals surface area contributed by atoms with Crippen molar-refractivity contribution >= 4 is 17.7 Å². The summed E-state index contributed by atoms with van der Waals surface area (Å²) in [6.45, 7) is 0. The van der Waals surface area contributed by atoms with Crippen LogP contribution in [0.3, 0.4) is 0 Å². The molecule has 0 atom stereocenters. The molecule has 0 aromatic carbocycles. The Bertz CT molecular complexity index is 181. The normalized spacial score (nSPS) is 17.1. The van der Waals surface area contributed by atoms with Crippen molar-refractivity contribution in [3.8, 4) is 0 Å². The van der Waals surface area contributed by atoms with Crippen LogP contribution in [-0.2, 0) is 4.79 Å². The predicted octanol–water partition coefficient (Wildman–Crippen LogP) is -0.0768. The molecule has 0 saturated carbocycles. The number of carboxylic acids is 1. The quantitative estimate of drug-likeness (QED) is 0.513. The molecule has 0 radical (unpaired) electrons. The number of hydrogen-bond donors (Lipinski definition) is 0. The highest BCUT2D eigenvalue weighted by molar-refractivity contribution is 8.02. The average Bonchev–Trinajstić information content (AvgIpc) is 1.90. The van der Waals surface area contributed by atoms with Crippen molar-refractivity contribution in [2.45, 2.75) is 0 Å². The van der Waals surface area contributed by atoms with E-state index < -0.39 is 5.97 Å². The highest BCUT2D eigenvalue weighted by atomic mass is 32.2. The topological polar surface area (TPSA) is 40.1 Å². The third-order valence-corrected chi connectivity index (χ3v) is 1.80. The van der Waals surface area contributed by atoms with Crippen LogP contribution < -0.4 is 5.11 Å². The molecule has 0 aromatic rings. The maximum Gasteiger partial charge on any atom is 0.0683 e. The van der Waals surface area contributed by atoms with Gasteiger partial charge in [-0.05, 0) is 11.0 Å². The van der Waals surface area contributed by atoms with Gasteiger partial charge in [0.05, 0.1) is 5.97 Å². The zero-order chi connectivity index (χ0) is 6.69. The van der Waals surface area contributed by atoms with Gasteiger partial charge in [-0.15, -0.1) is 11.8 Å². The molecule has 0 aliphatic carbocycles. The van der Waals surface area contributed by atoms with Crippen molar-refractivity contribution in [2.75, 3.05) is 5.75 Å². The minimum Gasteiger partial charge on any atom is -0.545 e. The van der Waals surface area contributed by atoms with E-state index >= 15 is 0 Å². The van der Waals surface area contributed by atoms with Gasteiger partial charge in [-0.25, -0.2) is 0 Å². The van der Waals surface area contributed by atoms with Gasteiger partial charge in [0.1, 0.15) is 0 Å². The fraction of sp³-hybridized carbons (Fsp3) is 0.167. The molecule has 1 heterocycles. The molecule has 0 bridgehead atoms. The molecular formula is C6H5O2S-. The molecule has 0 unspecified atom stereocenters. The minimum atomic E-state index is -1.06. The summed E-state index contributed by atoms with van der Waals surface area (Å²) in [4.78, 5) is 10.1. The van der Waals surface area contributed by atoms with E-state index in [1.54, 1.807) is 12.2 Å². The van der Waals surface area contributed by atoms with Crippen LogP contribution >= 0.6 is 11.8 Å². The second-order valence-electron chi connectivity index (χ2n) is 1.62. The minimum absolute atomic E-state index is 0.363. The Morgan fingerprint density at radius 1 is 1.78 bits per heavy atom. The largest absolute Gasteiger partial charge is 0.545 e. The molecule has 0 fully saturated rings. The Morgan fingerprint density at radius 2 is 2.56 bits per heavy atom. The van der Waals surface area contributed by atoms with Crippen molar-refractivity contribution in [1.29, 1.82) is 0 Å². The monoisotopic (exact) mass is 141 g/mol. The molecule has 0 spiro atoms. The van der Waals surface area contributed by atoms with E-state index in [1.807, 2.05) is 5.41 Å². The van der Waals surface area contributed by atoms with Crippen LogP contribution in [-0.4, -0.2) is 11.7 Å². The van der Waals surface area contributed by atoms with Crippen LogP contribution in [0.4, 0.5) is 0 Å². The number of carboxylic acid groups (broad SMARTS) is 1. The summed E-state index contributed by atoms with van der Waals surface area (Å²) < 4.78 is 0. The van der Waals surface area contributed by atoms with Gasteiger partial charge >= 0.3 is 0 Å². The first-order chi connectivity index (χ1) is 4.30. The van der Waals surface area contributed by atoms with Gasteiger partial charge in [0, 0.05) is 5.75 Å². The molecule has 48 valence electrons. The molecule has 0 amide bonds. The van der Waals surface area contributed by atoms with E-state index in [9.17, 15) is 9.90 Å². The SMILES string of the molecule is O=C([O-])C1=CC=CSC1. The smallest absolute Gasteiger partial charge is 0.0683 e. The molecule has 0 saturated heterocycles. The number of thioether (sulfide) groups is 1. The van der Waals surface area contributed by atoms with Crippen LogP contribution in [0, 0.1) is 0 Å². The summed E-state index contributed by atoms with van der Waals surface area (Å²) >= 11 is 1.46. The lowest BCUT2D eigenvalue weighted by Crippen LogP contribution is -2.25. The van der Waals surface area contributed by atoms with Crippen LogP contribution in [0.25, 0.3) is 0 Å². The number of allylic oxidation sites excluding steroid dienone is 2. The van der Waals surface area contributed by atoms with Gasteiger partial charge in [-0.3, -0.25) is 0 Å². The van der Waals surface area contributed by atoms with Gasteiger partial charge in [-0.1, -0.05) is 12.2 Å². The van der Waals surface area contributed by atoms with E-state index in [1.165, 1.54) is 11.8 Å². The van der Waals surface area contributed by atoms with E-state index in [0.717, 1.165) is 0 Å². The molecule has 0 aromatic heterocycles. The first-order valence-electron chi connectivity index (χ1n) is 2.49. The van der Waals surface area contributed by atoms with E-state index in [0.29, 0.717) is 11.3 Å². The van der Waals surface area contributed by atoms with Crippen molar-refractivity contribution < 1.29 is 9.90 Å². The van der Waals surface area contributed by atoms with Gasteiger partial charge in [-0.2, -0.15) is 0 Å². The summed E-state index contributed by atoms with van der Waals surface area (Å²) in [5.74, 6) is -0.536. The Labute approximate surface area is 57.3 Å². The number of hydrogen-bond acceptors (Lipinski definition) is 3. The van der Waals surface area contributed by atoms with Crippen molar-refractivity contribution in [3.63, 3.8) is 0 Å². The van der Waals surface area contributed by atoms with Gasteiger partial charge in [0.15, 0.2) is 0 Å². The van der Waals surface area contributed by atoms with Crippen LogP contribution in [0.2, 0.25) is 0 Å². The Balaban J connectivity index is 2.68. The van der Waals surface area contributed by atoms with Crippen LogP contribution in [0.15, 0.2) is 23.1 Å². The third-order valence-electron chi connectivity index (χ3n) is 0.973. The van der Waals surface area contributed by atoms with Crippen molar-refractivity contribution in [2.24, 2.45) is 0 Å². The lowest BCUT2D eigenvalue weighted by molar-refractivity contribution is -0.299. The molecule has 0 N–H and O–H groups in total. The van der Waals surface area contributed by atoms with Crippen LogP contribution in [0.1, 0.15) is 0 Å². The summed E-state index contributed by atoms with van der Waals surface area (Å²) in [6.07, 6.45) is 3.27. The fourth-order valence-corrected chi connectivity index (χ4v) is 1.20. The summed E-state index contributed by atoms with van der Waals surface area (Å²) in [6, 6.07) is 0. The number of aliphatic carboxylic acids is 1. The first kappa shape index (κ1) is 6.42. The average molecular weight is 141 g/mol. The highest BCUT2D eigenvalue weighted by Crippen LogP contribution is 2.13. The standard InChI is InChI=1S/C6H6O2S/c7-6(8)5-2-1-3-9-4-5/h1-3H,4H2,(H,7,8)/p-1. The van der Waals surface area contributed by atoms with Gasteiger partial charge < -0.3 is 9.90 Å². The molecule has 9 heavy (non-hydrogen) atoms. The van der Waals surface area contributed by atoms with Gasteiger partial charge in [0.25, 0.3) is 0 Å². The van der Waals surface area contributed by atoms with Gasteiger partial charge in [0.2, 0.25) is 0 Å². The second kappa shape index (κ2) is 2.73. The first-order valence-corrected chi connectivity index (χ1v) is 3.54. The van der Waals surface area contributed by atoms with Crippen molar-refractivity contribution in [1.82, 2.24) is 0 Å². The number of carbonyl (C=O) groups is 1. The predicted molar refractivity (Wildman–Crippen MR) is 34.7 cm³/mol. The Kier molecular flexibility index (Phi) is 1.95. The maximum absolute atomic E-state index is 10.1. The Hall–Kier alpha value is -0.700. The molecule has 2 nitrogen and oxygen atoms in total. The van der Waals surface area contributed by atoms with E-state index in [4.69, 9.17) is 0 Å². The maximum atomic E-state index is 10.1. The van der Waals surface area contributed by atoms with Crippen molar-refractivity contribution in [3.05, 3.63) is 23.1 Å². The summed E-state index contributed by atoms with van der Waals surface area (Å²) in [7, 11) is 0. The second-order valence-corrected chi connectivity index (χ2v) is 2.51. The van der Waals surface area contributed by atoms with E-state index in [-0.39, 0.29) is 0 Å². The molecule has 3 heteroatoms. The zero-order valence-corrected chi connectivity index (χ0v) is 5.48. The van der Waals surface area contributed by atoms with E-state index in [2.05, 4.69) is 0 Å². The molecule has 1 aliphatic heterocycles. The summed E-state index contributed by atoms with van der Waals surface area (Å²) in [5, 5.41) is 12.0. The molecule has 1 rings (SSSR count). The lowest BCUT2D eigenvalue weighted by atomic mass is 10.3. The lowest BCUT2D eigenvalue weighted by Gasteiger charge is -2.07. The fourth-order valence-electron chi connectivity index (χ4n) is 0.524. The zero-order valence-electron chi connectivity index (χ0n) is 4.66. The Morgan fingerprint density at radius 3 is 2.89 bits per heavy atom. The number of carbonyl (C=O) groups excluding carboxylic acids is 1. The molecular weight excluding hydrogens is 136 g/mol. The summed E-state index contributed by atoms with van der Waals surface area (Å²) in [5.41, 5.74) is 0.363. The van der Waals surface area contributed by atoms with Crippen LogP contribution in [0.5, 0.6) is 0 Å². The third kappa shape index (κ3) is 1.61. The number of rotatable bonds is 1.